The zero-order valence-electron chi connectivity index (χ0n) is 7.46. The number of carbonyl (C=O) groups is 2. The van der Waals surface area contributed by atoms with Crippen molar-refractivity contribution in [1.29, 1.82) is 0 Å². The Balaban J connectivity index is 3.21. The summed E-state index contributed by atoms with van der Waals surface area (Å²) >= 11 is 2.52. The van der Waals surface area contributed by atoms with Crippen molar-refractivity contribution in [3.63, 3.8) is 0 Å². The summed E-state index contributed by atoms with van der Waals surface area (Å²) in [5, 5.41) is 0.429. The van der Waals surface area contributed by atoms with E-state index >= 15 is 0 Å². The molecular formula is C8H14O2S2. The van der Waals surface area contributed by atoms with Crippen LogP contribution in [0.25, 0.3) is 0 Å². The molecule has 0 aliphatic rings. The molecule has 12 heavy (non-hydrogen) atoms. The highest BCUT2D eigenvalue weighted by Crippen LogP contribution is 2.09. The van der Waals surface area contributed by atoms with E-state index < -0.39 is 0 Å². The molecule has 0 unspecified atom stereocenters. The lowest BCUT2D eigenvalue weighted by atomic mass is 10.2. The molecule has 0 heterocycles. The van der Waals surface area contributed by atoms with Crippen molar-refractivity contribution in [1.82, 2.24) is 0 Å². The maximum atomic E-state index is 10.8. The van der Waals surface area contributed by atoms with Gasteiger partial charge in [-0.2, -0.15) is 0 Å². The van der Waals surface area contributed by atoms with Crippen molar-refractivity contribution in [2.45, 2.75) is 25.7 Å². The molecule has 0 amide bonds. The Hall–Kier alpha value is 0.0400. The second-order valence-electron chi connectivity index (χ2n) is 2.36. The van der Waals surface area contributed by atoms with Gasteiger partial charge in [-0.05, 0) is 25.4 Å². The second kappa shape index (κ2) is 7.68. The first-order chi connectivity index (χ1) is 5.70. The van der Waals surface area contributed by atoms with Crippen LogP contribution in [0.5, 0.6) is 0 Å². The van der Waals surface area contributed by atoms with Gasteiger partial charge >= 0.3 is 0 Å². The molecule has 0 aromatic rings. The minimum atomic E-state index is 0.214. The number of hydrogen-bond acceptors (Lipinski definition) is 4. The van der Waals surface area contributed by atoms with E-state index in [2.05, 4.69) is 0 Å². The Kier molecular flexibility index (Phi) is 7.70. The smallest absolute Gasteiger partial charge is 0.188 e. The molecule has 0 radical (unpaired) electrons. The van der Waals surface area contributed by atoms with E-state index in [-0.39, 0.29) is 10.2 Å². The molecule has 0 atom stereocenters. The predicted molar refractivity (Wildman–Crippen MR) is 55.5 cm³/mol. The minimum absolute atomic E-state index is 0.214. The Morgan fingerprint density at radius 3 is 1.50 bits per heavy atom. The van der Waals surface area contributed by atoms with Gasteiger partial charge in [0.1, 0.15) is 0 Å². The summed E-state index contributed by atoms with van der Waals surface area (Å²) in [5.74, 6) is 0. The van der Waals surface area contributed by atoms with Crippen molar-refractivity contribution in [2.24, 2.45) is 0 Å². The first kappa shape index (κ1) is 12.0. The van der Waals surface area contributed by atoms with Crippen LogP contribution >= 0.6 is 23.5 Å². The van der Waals surface area contributed by atoms with Gasteiger partial charge in [0, 0.05) is 12.8 Å². The van der Waals surface area contributed by atoms with Crippen LogP contribution in [-0.2, 0) is 9.59 Å². The van der Waals surface area contributed by atoms with Crippen LogP contribution in [0.2, 0.25) is 0 Å². The van der Waals surface area contributed by atoms with E-state index in [9.17, 15) is 9.59 Å². The third kappa shape index (κ3) is 6.73. The maximum Gasteiger partial charge on any atom is 0.188 e. The Labute approximate surface area is 81.9 Å². The van der Waals surface area contributed by atoms with Crippen LogP contribution in [0.3, 0.4) is 0 Å². The monoisotopic (exact) mass is 206 g/mol. The molecule has 0 saturated heterocycles. The van der Waals surface area contributed by atoms with Crippen molar-refractivity contribution in [3.05, 3.63) is 0 Å². The van der Waals surface area contributed by atoms with E-state index in [4.69, 9.17) is 0 Å². The molecule has 4 heteroatoms. The van der Waals surface area contributed by atoms with Gasteiger partial charge in [-0.3, -0.25) is 9.59 Å². The predicted octanol–water partition coefficient (Wildman–Crippen LogP) is 2.33. The summed E-state index contributed by atoms with van der Waals surface area (Å²) < 4.78 is 0. The fraction of sp³-hybridized carbons (Fsp3) is 0.750. The van der Waals surface area contributed by atoms with Crippen LogP contribution in [0.15, 0.2) is 0 Å². The van der Waals surface area contributed by atoms with Gasteiger partial charge in [-0.25, -0.2) is 0 Å². The summed E-state index contributed by atoms with van der Waals surface area (Å²) in [6.45, 7) is 0. The normalized spacial score (nSPS) is 9.83. The first-order valence-corrected chi connectivity index (χ1v) is 6.29. The molecule has 0 spiro atoms. The molecule has 0 saturated carbocycles. The zero-order chi connectivity index (χ0) is 9.40. The zero-order valence-corrected chi connectivity index (χ0v) is 9.09. The largest absolute Gasteiger partial charge is 0.287 e. The first-order valence-electron chi connectivity index (χ1n) is 3.84. The molecule has 0 N–H and O–H groups in total. The van der Waals surface area contributed by atoms with Crippen molar-refractivity contribution in [3.8, 4) is 0 Å². The number of rotatable bonds is 5. The van der Waals surface area contributed by atoms with Gasteiger partial charge in [0.05, 0.1) is 0 Å². The summed E-state index contributed by atoms with van der Waals surface area (Å²) in [7, 11) is 0. The van der Waals surface area contributed by atoms with Gasteiger partial charge in [0.15, 0.2) is 10.2 Å². The van der Waals surface area contributed by atoms with E-state index in [0.29, 0.717) is 12.8 Å². The third-order valence-corrected chi connectivity index (χ3v) is 2.79. The topological polar surface area (TPSA) is 34.1 Å². The lowest BCUT2D eigenvalue weighted by molar-refractivity contribution is -0.112. The molecule has 0 aliphatic carbocycles. The van der Waals surface area contributed by atoms with Crippen LogP contribution in [-0.4, -0.2) is 22.7 Å². The fourth-order valence-corrected chi connectivity index (χ4v) is 1.44. The summed E-state index contributed by atoms with van der Waals surface area (Å²) in [6.07, 6.45) is 6.45. The van der Waals surface area contributed by atoms with E-state index in [1.54, 1.807) is 12.5 Å². The van der Waals surface area contributed by atoms with E-state index in [0.717, 1.165) is 12.8 Å². The highest BCUT2D eigenvalue weighted by Gasteiger charge is 2.01. The van der Waals surface area contributed by atoms with Gasteiger partial charge in [0.25, 0.3) is 0 Å². The highest BCUT2D eigenvalue weighted by atomic mass is 32.2. The summed E-state index contributed by atoms with van der Waals surface area (Å²) in [4.78, 5) is 21.6. The third-order valence-electron chi connectivity index (χ3n) is 1.47. The molecule has 70 valence electrons. The number of hydrogen-bond donors (Lipinski definition) is 0. The van der Waals surface area contributed by atoms with Crippen LogP contribution in [0, 0.1) is 0 Å². The van der Waals surface area contributed by atoms with Crippen molar-refractivity contribution >= 4 is 33.8 Å². The van der Waals surface area contributed by atoms with E-state index in [1.165, 1.54) is 23.5 Å². The van der Waals surface area contributed by atoms with Crippen LogP contribution in [0.4, 0.5) is 0 Å². The molecular weight excluding hydrogens is 192 g/mol. The average molecular weight is 206 g/mol. The number of carbonyl (C=O) groups excluding carboxylic acids is 2. The van der Waals surface area contributed by atoms with Gasteiger partial charge in [-0.1, -0.05) is 23.5 Å². The molecule has 0 aliphatic heterocycles. The van der Waals surface area contributed by atoms with Gasteiger partial charge in [0.2, 0.25) is 0 Å². The molecule has 0 fully saturated rings. The lowest BCUT2D eigenvalue weighted by Crippen LogP contribution is -1.93. The SMILES string of the molecule is CSC(=O)CCCCC(=O)SC. The molecule has 0 aromatic carbocycles. The Morgan fingerprint density at radius 2 is 1.25 bits per heavy atom. The average Bonchev–Trinajstić information content (AvgIpc) is 2.11. The van der Waals surface area contributed by atoms with Crippen molar-refractivity contribution < 1.29 is 9.59 Å². The Bertz CT molecular complexity index is 139. The van der Waals surface area contributed by atoms with Crippen molar-refractivity contribution in [2.75, 3.05) is 12.5 Å². The number of unbranched alkanes of at least 4 members (excludes halogenated alkanes) is 1. The number of thioether (sulfide) groups is 2. The van der Waals surface area contributed by atoms with Crippen LogP contribution in [0.1, 0.15) is 25.7 Å². The van der Waals surface area contributed by atoms with Gasteiger partial charge < -0.3 is 0 Å². The highest BCUT2D eigenvalue weighted by molar-refractivity contribution is 8.13. The molecule has 0 rings (SSSR count). The molecule has 2 nitrogen and oxygen atoms in total. The van der Waals surface area contributed by atoms with E-state index in [1.807, 2.05) is 0 Å². The second-order valence-corrected chi connectivity index (χ2v) is 4.09. The standard InChI is InChI=1S/C8H14O2S2/c1-11-7(9)5-3-4-6-8(10)12-2/h3-6H2,1-2H3. The summed E-state index contributed by atoms with van der Waals surface area (Å²) in [5.41, 5.74) is 0. The maximum absolute atomic E-state index is 10.8. The van der Waals surface area contributed by atoms with Gasteiger partial charge in [-0.15, -0.1) is 0 Å². The quantitative estimate of drug-likeness (QED) is 0.647. The Morgan fingerprint density at radius 1 is 0.917 bits per heavy atom. The molecule has 0 bridgehead atoms. The molecule has 0 aromatic heterocycles. The van der Waals surface area contributed by atoms with Crippen LogP contribution < -0.4 is 0 Å². The fourth-order valence-electron chi connectivity index (χ4n) is 0.743. The minimum Gasteiger partial charge on any atom is -0.287 e. The summed E-state index contributed by atoms with van der Waals surface area (Å²) in [6, 6.07) is 0. The lowest BCUT2D eigenvalue weighted by Gasteiger charge is -1.96.